The van der Waals surface area contributed by atoms with Gasteiger partial charge < -0.3 is 34.9 Å². The molecule has 4 aromatic rings. The molecular weight excluding hydrogens is 640 g/mol. The molecule has 4 aromatic heterocycles. The minimum absolute atomic E-state index is 0.00669. The lowest BCUT2D eigenvalue weighted by Gasteiger charge is -2.28. The van der Waals surface area contributed by atoms with Gasteiger partial charge >= 0.3 is 15.0 Å². The number of nitrogen functional groups attached to an aromatic ring is 2. The lowest BCUT2D eigenvalue weighted by Crippen LogP contribution is -2.37. The highest BCUT2D eigenvalue weighted by Gasteiger charge is 2.52. The van der Waals surface area contributed by atoms with Gasteiger partial charge in [0, 0.05) is 29.8 Å². The Hall–Kier alpha value is -2.96. The first-order chi connectivity index (χ1) is 21.1. The lowest BCUT2D eigenvalue weighted by molar-refractivity contribution is -0.0516. The van der Waals surface area contributed by atoms with Crippen molar-refractivity contribution in [1.82, 2.24) is 34.1 Å². The van der Waals surface area contributed by atoms with Crippen molar-refractivity contribution >= 4 is 60.7 Å². The van der Waals surface area contributed by atoms with Crippen molar-refractivity contribution in [2.24, 2.45) is 5.92 Å². The van der Waals surface area contributed by atoms with Crippen molar-refractivity contribution < 1.29 is 37.0 Å². The van der Waals surface area contributed by atoms with Crippen molar-refractivity contribution in [3.63, 3.8) is 0 Å². The molecule has 2 aliphatic heterocycles. The topological polar surface area (TPSA) is 239 Å². The number of imidazole rings is 1. The number of nitrogens with zero attached hydrogens (tertiary/aromatic N) is 6. The maximum absolute atomic E-state index is 13.1. The average molecular weight is 669 g/mol. The third kappa shape index (κ3) is 5.32. The summed E-state index contributed by atoms with van der Waals surface area (Å²) in [5, 5.41) is 0.714. The highest BCUT2D eigenvalue weighted by atomic mass is 32.5. The third-order valence-electron chi connectivity index (χ3n) is 8.09. The van der Waals surface area contributed by atoms with Gasteiger partial charge in [-0.25, -0.2) is 15.0 Å². The van der Waals surface area contributed by atoms with Crippen LogP contribution >= 0.6 is 15.0 Å². The number of H-pyrrole nitrogens is 1. The van der Waals surface area contributed by atoms with Gasteiger partial charge in [0.15, 0.2) is 17.4 Å². The summed E-state index contributed by atoms with van der Waals surface area (Å²) in [6, 6.07) is 1.72. The van der Waals surface area contributed by atoms with E-state index in [2.05, 4.69) is 24.9 Å². The Bertz CT molecular complexity index is 1850. The van der Waals surface area contributed by atoms with E-state index in [0.717, 1.165) is 0 Å². The molecule has 44 heavy (non-hydrogen) atoms. The number of hydrogen-bond acceptors (Lipinski definition) is 15. The fourth-order valence-electron chi connectivity index (χ4n) is 6.12. The molecular formula is C23H28N9O9P2S+. The van der Waals surface area contributed by atoms with Gasteiger partial charge in [0.1, 0.15) is 48.8 Å². The van der Waals surface area contributed by atoms with Crippen molar-refractivity contribution in [1.29, 1.82) is 0 Å². The van der Waals surface area contributed by atoms with Gasteiger partial charge in [-0.1, -0.05) is 0 Å². The Balaban J connectivity index is 1.18. The maximum Gasteiger partial charge on any atom is 0.697 e. The molecule has 3 aliphatic rings. The van der Waals surface area contributed by atoms with Gasteiger partial charge in [-0.05, 0) is 30.7 Å². The Morgan fingerprint density at radius 1 is 1.18 bits per heavy atom. The van der Waals surface area contributed by atoms with E-state index in [9.17, 15) is 14.3 Å². The summed E-state index contributed by atoms with van der Waals surface area (Å²) < 4.78 is 51.8. The molecule has 7 rings (SSSR count). The van der Waals surface area contributed by atoms with Crippen LogP contribution in [0.25, 0.3) is 22.2 Å². The van der Waals surface area contributed by atoms with Crippen LogP contribution in [-0.2, 0) is 43.9 Å². The number of nitrogens with one attached hydrogen (secondary N) is 1. The van der Waals surface area contributed by atoms with Crippen LogP contribution in [0.3, 0.4) is 0 Å². The first-order valence-electron chi connectivity index (χ1n) is 13.5. The first kappa shape index (κ1) is 29.7. The molecule has 1 saturated carbocycles. The quantitative estimate of drug-likeness (QED) is 0.225. The second-order valence-electron chi connectivity index (χ2n) is 10.6. The van der Waals surface area contributed by atoms with E-state index in [0.29, 0.717) is 29.7 Å². The van der Waals surface area contributed by atoms with Crippen LogP contribution in [0.5, 0.6) is 0 Å². The summed E-state index contributed by atoms with van der Waals surface area (Å²) in [4.78, 5) is 42.8. The molecule has 1 aliphatic carbocycles. The predicted octanol–water partition coefficient (Wildman–Crippen LogP) is 1.28. The van der Waals surface area contributed by atoms with E-state index in [-0.39, 0.29) is 42.3 Å². The van der Waals surface area contributed by atoms with Crippen LogP contribution < -0.4 is 17.0 Å². The standard InChI is InChI=1S/C23H27N9O9P2S/c1-36-16-14-7-37-42(34)40-13-5-11(31-3-2-12-18(24)26-8-27-19(12)31)4-10(13)6-38-43(35,44)41-17(16)22(39-14)32-9-28-15-20(32)29-23(25)30-21(15)33/h2-3,8-11,13-14,16-17,22H,4-7H2,1H3,(H5-,24,25,26,27,29,30,33,35,44)/p+1/t10-,11-,13+,14-,16-,17-,22-,43?/m1/s1. The van der Waals surface area contributed by atoms with Crippen molar-refractivity contribution in [2.45, 2.75) is 49.5 Å². The van der Waals surface area contributed by atoms with Crippen LogP contribution in [0.2, 0.25) is 0 Å². The predicted molar refractivity (Wildman–Crippen MR) is 157 cm³/mol. The van der Waals surface area contributed by atoms with E-state index >= 15 is 0 Å². The number of nitrogens with two attached hydrogens (primary N) is 2. The van der Waals surface area contributed by atoms with E-state index in [4.69, 9.17) is 50.8 Å². The number of rotatable bonds is 3. The number of ether oxygens (including phenoxy) is 2. The molecule has 0 amide bonds. The van der Waals surface area contributed by atoms with Gasteiger partial charge in [-0.2, -0.15) is 4.98 Å². The van der Waals surface area contributed by atoms with Gasteiger partial charge in [-0.15, -0.1) is 9.05 Å². The van der Waals surface area contributed by atoms with E-state index < -0.39 is 51.2 Å². The average Bonchev–Trinajstić information content (AvgIpc) is 3.75. The normalized spacial score (nSPS) is 34.0. The summed E-state index contributed by atoms with van der Waals surface area (Å²) in [5.74, 6) is -0.109. The molecule has 0 aromatic carbocycles. The molecule has 0 spiro atoms. The molecule has 3 fully saturated rings. The van der Waals surface area contributed by atoms with Gasteiger partial charge in [0.05, 0.1) is 18.3 Å². The zero-order valence-electron chi connectivity index (χ0n) is 23.0. The molecule has 6 heterocycles. The van der Waals surface area contributed by atoms with Crippen LogP contribution in [0, 0.1) is 5.92 Å². The van der Waals surface area contributed by atoms with E-state index in [1.807, 2.05) is 16.8 Å². The minimum atomic E-state index is -3.94. The lowest BCUT2D eigenvalue weighted by atomic mass is 10.1. The minimum Gasteiger partial charge on any atom is -0.383 e. The summed E-state index contributed by atoms with van der Waals surface area (Å²) in [7, 11) is -1.20. The molecule has 6 N–H and O–H groups in total. The Kier molecular flexibility index (Phi) is 7.73. The van der Waals surface area contributed by atoms with Gasteiger partial charge in [0.2, 0.25) is 5.95 Å². The summed E-state index contributed by atoms with van der Waals surface area (Å²) >= 11 is 5.44. The van der Waals surface area contributed by atoms with E-state index in [1.165, 1.54) is 24.3 Å². The summed E-state index contributed by atoms with van der Waals surface area (Å²) in [6.45, 7) is -4.23. The van der Waals surface area contributed by atoms with Crippen LogP contribution in [-0.4, -0.2) is 83.7 Å². The molecule has 9 atom stereocenters. The van der Waals surface area contributed by atoms with Crippen LogP contribution in [0.4, 0.5) is 11.8 Å². The first-order valence-corrected chi connectivity index (χ1v) is 17.2. The molecule has 2 unspecified atom stereocenters. The van der Waals surface area contributed by atoms with Crippen LogP contribution in [0.15, 0.2) is 29.7 Å². The van der Waals surface area contributed by atoms with Crippen molar-refractivity contribution in [3.05, 3.63) is 35.3 Å². The Morgan fingerprint density at radius 2 is 2.02 bits per heavy atom. The van der Waals surface area contributed by atoms with Crippen LogP contribution in [0.1, 0.15) is 25.1 Å². The molecule has 2 bridgehead atoms. The molecule has 2 saturated heterocycles. The number of methoxy groups -OCH3 is 1. The Morgan fingerprint density at radius 3 is 2.84 bits per heavy atom. The number of fused-ring (bicyclic) bond motifs is 5. The summed E-state index contributed by atoms with van der Waals surface area (Å²) in [5.41, 5.74) is 12.0. The number of anilines is 2. The second kappa shape index (κ2) is 11.4. The molecule has 21 heteroatoms. The zero-order chi connectivity index (χ0) is 30.7. The molecule has 234 valence electrons. The highest BCUT2D eigenvalue weighted by molar-refractivity contribution is 8.07. The zero-order valence-corrected chi connectivity index (χ0v) is 25.6. The molecule has 0 radical (unpaired) electrons. The second-order valence-corrected chi connectivity index (χ2v) is 14.3. The fraction of sp³-hybridized carbons (Fsp3) is 0.522. The number of hydrogen-bond donors (Lipinski definition) is 4. The number of aromatic nitrogens is 7. The van der Waals surface area contributed by atoms with Gasteiger partial charge in [-0.3, -0.25) is 18.9 Å². The summed E-state index contributed by atoms with van der Waals surface area (Å²) in [6.07, 6.45) is 1.12. The number of aromatic amines is 1. The van der Waals surface area contributed by atoms with Gasteiger partial charge in [0.25, 0.3) is 5.56 Å². The van der Waals surface area contributed by atoms with Crippen molar-refractivity contribution in [2.75, 3.05) is 31.8 Å². The SMILES string of the molecule is CO[C@H]1[C@H]2OP(O)(=S)OC[C@H]3C[C@@H](n4ccc5c(N)ncnc54)C[C@@H]3O[P+](=O)OC[C@H]1O[C@H]2n1cnc2c(=O)[nH]c(N)nc21. The smallest absolute Gasteiger partial charge is 0.383 e. The van der Waals surface area contributed by atoms with E-state index in [1.54, 1.807) is 0 Å². The monoisotopic (exact) mass is 668 g/mol. The highest BCUT2D eigenvalue weighted by Crippen LogP contribution is 2.53. The third-order valence-corrected chi connectivity index (χ3v) is 10.5. The fourth-order valence-corrected chi connectivity index (χ4v) is 8.38. The van der Waals surface area contributed by atoms with Crippen molar-refractivity contribution in [3.8, 4) is 0 Å². The Labute approximate surface area is 254 Å². The maximum atomic E-state index is 13.1. The molecule has 18 nitrogen and oxygen atoms in total. The largest absolute Gasteiger partial charge is 0.697 e.